The number of hydrogen-bond donors (Lipinski definition) is 9. The number of amides is 5. The average molecular weight is 667 g/mol. The van der Waals surface area contributed by atoms with Gasteiger partial charge in [-0.05, 0) is 37.5 Å². The molecule has 1 aromatic heterocycles. The summed E-state index contributed by atoms with van der Waals surface area (Å²) in [6.07, 6.45) is 2.38. The van der Waals surface area contributed by atoms with Gasteiger partial charge in [0.2, 0.25) is 29.5 Å². The highest BCUT2D eigenvalue weighted by atomic mass is 16.4. The van der Waals surface area contributed by atoms with Crippen LogP contribution < -0.4 is 32.3 Å². The minimum atomic E-state index is -1.30. The number of carbonyl (C=O) groups is 7. The number of nitrogens with one attached hydrogen (secondary N) is 6. The number of nitrogens with two attached hydrogens (primary N) is 1. The molecule has 0 saturated heterocycles. The fourth-order valence-electron chi connectivity index (χ4n) is 4.48. The third-order valence-electron chi connectivity index (χ3n) is 7.18. The normalized spacial score (nSPS) is 15.1. The Labute approximate surface area is 274 Å². The predicted octanol–water partition coefficient (Wildman–Crippen LogP) is -0.969. The molecule has 0 aromatic carbocycles. The van der Waals surface area contributed by atoms with Crippen LogP contribution in [0.5, 0.6) is 0 Å². The topological polar surface area (TPSA) is 275 Å². The van der Waals surface area contributed by atoms with Gasteiger partial charge in [0.25, 0.3) is 0 Å². The Morgan fingerprint density at radius 3 is 1.74 bits per heavy atom. The van der Waals surface area contributed by atoms with Crippen LogP contribution in [0, 0.1) is 17.8 Å². The number of carboxylic acids is 2. The summed E-state index contributed by atoms with van der Waals surface area (Å²) in [6, 6.07) is -7.04. The lowest BCUT2D eigenvalue weighted by atomic mass is 9.99. The maximum atomic E-state index is 13.3. The summed E-state index contributed by atoms with van der Waals surface area (Å²) in [5, 5.41) is 31.2. The molecule has 0 aliphatic rings. The highest BCUT2D eigenvalue weighted by Crippen LogP contribution is 2.09. The molecule has 0 unspecified atom stereocenters. The second-order valence-electron chi connectivity index (χ2n) is 12.6. The third kappa shape index (κ3) is 14.2. The van der Waals surface area contributed by atoms with Crippen LogP contribution in [-0.2, 0) is 40.0 Å². The first-order valence-corrected chi connectivity index (χ1v) is 15.5. The molecule has 1 aromatic rings. The maximum Gasteiger partial charge on any atom is 0.326 e. The van der Waals surface area contributed by atoms with E-state index in [1.54, 1.807) is 27.7 Å². The summed E-state index contributed by atoms with van der Waals surface area (Å²) in [6.45, 7) is 11.7. The molecule has 0 bridgehead atoms. The van der Waals surface area contributed by atoms with Crippen LogP contribution in [0.25, 0.3) is 0 Å². The zero-order valence-corrected chi connectivity index (χ0v) is 28.0. The van der Waals surface area contributed by atoms with Gasteiger partial charge in [0.05, 0.1) is 12.4 Å². The van der Waals surface area contributed by atoms with E-state index in [0.29, 0.717) is 12.1 Å². The molecule has 0 radical (unpaired) electrons. The first-order valence-electron chi connectivity index (χ1n) is 15.5. The lowest BCUT2D eigenvalue weighted by Gasteiger charge is -2.29. The average Bonchev–Trinajstić information content (AvgIpc) is 3.48. The molecule has 17 heteroatoms. The van der Waals surface area contributed by atoms with E-state index in [1.165, 1.54) is 19.4 Å². The second kappa shape index (κ2) is 19.2. The Balaban J connectivity index is 2.97. The minimum Gasteiger partial charge on any atom is -0.481 e. The van der Waals surface area contributed by atoms with E-state index in [2.05, 4.69) is 36.6 Å². The van der Waals surface area contributed by atoms with Crippen LogP contribution in [0.2, 0.25) is 0 Å². The van der Waals surface area contributed by atoms with Gasteiger partial charge >= 0.3 is 11.9 Å². The summed E-state index contributed by atoms with van der Waals surface area (Å²) in [5.41, 5.74) is 6.39. The van der Waals surface area contributed by atoms with Crippen LogP contribution in [0.1, 0.15) is 73.4 Å². The molecule has 17 nitrogen and oxygen atoms in total. The van der Waals surface area contributed by atoms with Gasteiger partial charge in [-0.3, -0.25) is 28.8 Å². The molecule has 264 valence electrons. The largest absolute Gasteiger partial charge is 0.481 e. The zero-order valence-electron chi connectivity index (χ0n) is 28.0. The SMILES string of the molecule is CC(C)C[C@H](N)C(=O)N[C@@H](CCC(=O)O)C(=O)N[C@@H](C)C(=O)N[C@H](C(=O)N[C@H](C(=O)N[C@@H](Cc1cnc[nH]1)C(=O)O)C(C)C)C(C)C. The van der Waals surface area contributed by atoms with Gasteiger partial charge in [0.15, 0.2) is 0 Å². The Morgan fingerprint density at radius 1 is 0.745 bits per heavy atom. The molecular weight excluding hydrogens is 616 g/mol. The quantitative estimate of drug-likeness (QED) is 0.0816. The lowest BCUT2D eigenvalue weighted by molar-refractivity contribution is -0.142. The highest BCUT2D eigenvalue weighted by molar-refractivity contribution is 5.96. The molecule has 6 atom stereocenters. The summed E-state index contributed by atoms with van der Waals surface area (Å²) in [4.78, 5) is 94.7. The van der Waals surface area contributed by atoms with Crippen molar-refractivity contribution < 1.29 is 43.8 Å². The van der Waals surface area contributed by atoms with Gasteiger partial charge in [0.1, 0.15) is 30.2 Å². The van der Waals surface area contributed by atoms with Crippen LogP contribution in [-0.4, -0.2) is 97.9 Å². The first kappa shape index (κ1) is 40.5. The molecule has 0 aliphatic carbocycles. The molecule has 1 heterocycles. The fraction of sp³-hybridized carbons (Fsp3) is 0.667. The predicted molar refractivity (Wildman–Crippen MR) is 169 cm³/mol. The lowest BCUT2D eigenvalue weighted by Crippen LogP contribution is -2.60. The van der Waals surface area contributed by atoms with Crippen molar-refractivity contribution in [1.29, 1.82) is 0 Å². The standard InChI is InChI=1S/C30H50N8O9/c1-14(2)10-19(31)26(42)35-20(8-9-22(39)40)27(43)34-17(7)25(41)37-24(16(5)6)29(45)38-23(15(3)4)28(44)36-21(30(46)47)11-18-12-32-13-33-18/h12-17,19-21,23-24H,8-11,31H2,1-7H3,(H,32,33)(H,34,43)(H,35,42)(H,36,44)(H,37,41)(H,38,45)(H,39,40)(H,46,47)/t17-,19-,20-,21-,23-,24-/m0/s1. The summed E-state index contributed by atoms with van der Waals surface area (Å²) >= 11 is 0. The van der Waals surface area contributed by atoms with E-state index >= 15 is 0 Å². The van der Waals surface area contributed by atoms with Gasteiger partial charge in [0, 0.05) is 24.7 Å². The summed E-state index contributed by atoms with van der Waals surface area (Å²) < 4.78 is 0. The van der Waals surface area contributed by atoms with E-state index in [-0.39, 0.29) is 18.8 Å². The van der Waals surface area contributed by atoms with Crippen molar-refractivity contribution in [1.82, 2.24) is 36.6 Å². The Morgan fingerprint density at radius 2 is 1.28 bits per heavy atom. The van der Waals surface area contributed by atoms with Crippen LogP contribution in [0.4, 0.5) is 0 Å². The van der Waals surface area contributed by atoms with Crippen molar-refractivity contribution in [3.05, 3.63) is 18.2 Å². The second-order valence-corrected chi connectivity index (χ2v) is 12.6. The van der Waals surface area contributed by atoms with Crippen molar-refractivity contribution in [3.63, 3.8) is 0 Å². The van der Waals surface area contributed by atoms with Gasteiger partial charge < -0.3 is 47.5 Å². The molecule has 0 spiro atoms. The van der Waals surface area contributed by atoms with Crippen molar-refractivity contribution >= 4 is 41.5 Å². The van der Waals surface area contributed by atoms with Crippen molar-refractivity contribution in [2.75, 3.05) is 0 Å². The summed E-state index contributed by atoms with van der Waals surface area (Å²) in [5.74, 6) is -6.99. The molecule has 0 aliphatic heterocycles. The molecular formula is C30H50N8O9. The number of rotatable bonds is 20. The molecule has 47 heavy (non-hydrogen) atoms. The first-order chi connectivity index (χ1) is 21.8. The van der Waals surface area contributed by atoms with Crippen molar-refractivity contribution in [3.8, 4) is 0 Å². The van der Waals surface area contributed by atoms with Crippen LogP contribution in [0.15, 0.2) is 12.5 Å². The summed E-state index contributed by atoms with van der Waals surface area (Å²) in [7, 11) is 0. The van der Waals surface area contributed by atoms with Crippen molar-refractivity contribution in [2.24, 2.45) is 23.5 Å². The molecule has 0 fully saturated rings. The van der Waals surface area contributed by atoms with Gasteiger partial charge in [-0.15, -0.1) is 0 Å². The number of aromatic amines is 1. The fourth-order valence-corrected chi connectivity index (χ4v) is 4.48. The van der Waals surface area contributed by atoms with Gasteiger partial charge in [-0.25, -0.2) is 9.78 Å². The van der Waals surface area contributed by atoms with E-state index in [0.717, 1.165) is 0 Å². The zero-order chi connectivity index (χ0) is 36.0. The van der Waals surface area contributed by atoms with E-state index in [4.69, 9.17) is 10.8 Å². The molecule has 0 saturated carbocycles. The smallest absolute Gasteiger partial charge is 0.326 e. The minimum absolute atomic E-state index is 0.0697. The van der Waals surface area contributed by atoms with E-state index in [1.807, 2.05) is 13.8 Å². The van der Waals surface area contributed by atoms with Crippen LogP contribution in [0.3, 0.4) is 0 Å². The number of aliphatic carboxylic acids is 2. The maximum absolute atomic E-state index is 13.3. The number of aromatic nitrogens is 2. The van der Waals surface area contributed by atoms with Crippen molar-refractivity contribution in [2.45, 2.75) is 110 Å². The molecule has 5 amide bonds. The Kier molecular flexibility index (Phi) is 16.5. The Bertz CT molecular complexity index is 1240. The Hall–Kier alpha value is -4.54. The monoisotopic (exact) mass is 666 g/mol. The number of carbonyl (C=O) groups excluding carboxylic acids is 5. The molecule has 1 rings (SSSR count). The molecule has 10 N–H and O–H groups in total. The number of carboxylic acid groups (broad SMARTS) is 2. The number of imidazole rings is 1. The third-order valence-corrected chi connectivity index (χ3v) is 7.18. The number of H-pyrrole nitrogens is 1. The van der Waals surface area contributed by atoms with E-state index < -0.39 is 96.0 Å². The van der Waals surface area contributed by atoms with Gasteiger partial charge in [-0.2, -0.15) is 0 Å². The number of nitrogens with zero attached hydrogens (tertiary/aromatic N) is 1. The van der Waals surface area contributed by atoms with Crippen LogP contribution >= 0.6 is 0 Å². The van der Waals surface area contributed by atoms with E-state index in [9.17, 15) is 38.7 Å². The number of hydrogen-bond acceptors (Lipinski definition) is 9. The van der Waals surface area contributed by atoms with Gasteiger partial charge in [-0.1, -0.05) is 41.5 Å². The highest BCUT2D eigenvalue weighted by Gasteiger charge is 2.34.